The van der Waals surface area contributed by atoms with E-state index < -0.39 is 0 Å². The zero-order chi connectivity index (χ0) is 20.1. The number of nitrogens with zero attached hydrogens (tertiary/aromatic N) is 3. The van der Waals surface area contributed by atoms with E-state index in [1.165, 1.54) is 0 Å². The molecule has 0 fully saturated rings. The van der Waals surface area contributed by atoms with Gasteiger partial charge in [-0.3, -0.25) is 4.79 Å². The lowest BCUT2D eigenvalue weighted by molar-refractivity contribution is 0.0934. The maximum atomic E-state index is 12.5. The van der Waals surface area contributed by atoms with Crippen molar-refractivity contribution >= 4 is 5.78 Å². The smallest absolute Gasteiger partial charge is 0.213 e. The Hall–Kier alpha value is -3.19. The van der Waals surface area contributed by atoms with Crippen molar-refractivity contribution in [2.45, 2.75) is 13.8 Å². The van der Waals surface area contributed by atoms with Crippen LogP contribution in [0.4, 0.5) is 0 Å². The van der Waals surface area contributed by atoms with Crippen LogP contribution in [0.1, 0.15) is 24.3 Å². The van der Waals surface area contributed by atoms with Gasteiger partial charge in [-0.25, -0.2) is 9.67 Å². The van der Waals surface area contributed by atoms with Crippen molar-refractivity contribution in [1.29, 1.82) is 0 Å². The van der Waals surface area contributed by atoms with Gasteiger partial charge in [0, 0.05) is 24.1 Å². The number of aromatic nitrogens is 3. The number of nitrogens with two attached hydrogens (primary N) is 1. The molecule has 1 aromatic carbocycles. The maximum absolute atomic E-state index is 12.5. The lowest BCUT2D eigenvalue weighted by Gasteiger charge is -2.09. The highest BCUT2D eigenvalue weighted by atomic mass is 16.5. The minimum Gasteiger partial charge on any atom is -0.492 e. The summed E-state index contributed by atoms with van der Waals surface area (Å²) in [6, 6.07) is 13.0. The largest absolute Gasteiger partial charge is 0.492 e. The highest BCUT2D eigenvalue weighted by Crippen LogP contribution is 2.27. The lowest BCUT2D eigenvalue weighted by Crippen LogP contribution is -2.10. The van der Waals surface area contributed by atoms with Gasteiger partial charge in [0.2, 0.25) is 5.88 Å². The van der Waals surface area contributed by atoms with Gasteiger partial charge in [-0.1, -0.05) is 13.8 Å². The molecular weight excluding hydrogens is 356 g/mol. The van der Waals surface area contributed by atoms with Gasteiger partial charge in [0.15, 0.2) is 5.78 Å². The molecule has 2 N–H and O–H groups in total. The highest BCUT2D eigenvalue weighted by molar-refractivity contribution is 5.96. The number of methoxy groups -OCH3 is 1. The Balaban J connectivity index is 2.03. The van der Waals surface area contributed by atoms with Crippen molar-refractivity contribution in [3.63, 3.8) is 0 Å². The first-order valence-corrected chi connectivity index (χ1v) is 9.11. The monoisotopic (exact) mass is 380 g/mol. The van der Waals surface area contributed by atoms with E-state index in [0.29, 0.717) is 24.7 Å². The van der Waals surface area contributed by atoms with Crippen molar-refractivity contribution in [2.24, 2.45) is 11.7 Å². The van der Waals surface area contributed by atoms with E-state index in [4.69, 9.17) is 15.2 Å². The molecule has 2 aromatic heterocycles. The van der Waals surface area contributed by atoms with Crippen molar-refractivity contribution in [2.75, 3.05) is 20.3 Å². The van der Waals surface area contributed by atoms with E-state index in [-0.39, 0.29) is 11.7 Å². The second kappa shape index (κ2) is 8.67. The zero-order valence-corrected chi connectivity index (χ0v) is 16.3. The average Bonchev–Trinajstić information content (AvgIpc) is 3.17. The van der Waals surface area contributed by atoms with E-state index in [1.807, 2.05) is 50.2 Å². The van der Waals surface area contributed by atoms with E-state index in [0.717, 1.165) is 22.7 Å². The van der Waals surface area contributed by atoms with Crippen molar-refractivity contribution in [3.05, 3.63) is 54.4 Å². The Kier molecular flexibility index (Phi) is 6.06. The van der Waals surface area contributed by atoms with E-state index >= 15 is 0 Å². The predicted molar refractivity (Wildman–Crippen MR) is 107 cm³/mol. The third-order valence-corrected chi connectivity index (χ3v) is 4.20. The number of hydrogen-bond donors (Lipinski definition) is 1. The number of hydrogen-bond acceptors (Lipinski definition) is 6. The molecule has 0 saturated heterocycles. The SMILES string of the molecule is COc1ccc(-n2nc(C(=O)C(C)C)cc2-c2ccc(OCCN)cc2)cn1. The number of Topliss-reactive ketones (excluding diaryl/α,β-unsaturated/α-hetero) is 1. The first-order chi connectivity index (χ1) is 13.5. The summed E-state index contributed by atoms with van der Waals surface area (Å²) in [4.78, 5) is 16.7. The van der Waals surface area contributed by atoms with E-state index in [2.05, 4.69) is 10.1 Å². The van der Waals surface area contributed by atoms with E-state index in [9.17, 15) is 4.79 Å². The number of carbonyl (C=O) groups is 1. The normalized spacial score (nSPS) is 10.9. The Labute approximate surface area is 164 Å². The van der Waals surface area contributed by atoms with Crippen LogP contribution in [0.15, 0.2) is 48.7 Å². The number of benzene rings is 1. The van der Waals surface area contributed by atoms with Gasteiger partial charge in [0.05, 0.1) is 24.7 Å². The number of ether oxygens (including phenoxy) is 2. The molecule has 7 heteroatoms. The van der Waals surface area contributed by atoms with Gasteiger partial charge in [-0.15, -0.1) is 0 Å². The Morgan fingerprint density at radius 1 is 1.18 bits per heavy atom. The molecular formula is C21H24N4O3. The van der Waals surface area contributed by atoms with Crippen LogP contribution in [0.2, 0.25) is 0 Å². The average molecular weight is 380 g/mol. The van der Waals surface area contributed by atoms with Gasteiger partial charge in [0.25, 0.3) is 0 Å². The standard InChI is InChI=1S/C21H24N4O3/c1-14(2)21(26)18-12-19(15-4-7-17(8-5-15)28-11-10-22)25(24-18)16-6-9-20(27-3)23-13-16/h4-9,12-14H,10-11,22H2,1-3H3. The first kappa shape index (κ1) is 19.6. The van der Waals surface area contributed by atoms with Gasteiger partial charge in [0.1, 0.15) is 18.1 Å². The molecule has 28 heavy (non-hydrogen) atoms. The zero-order valence-electron chi connectivity index (χ0n) is 16.3. The summed E-state index contributed by atoms with van der Waals surface area (Å²) in [5.41, 5.74) is 8.33. The van der Waals surface area contributed by atoms with Crippen LogP contribution in [-0.2, 0) is 0 Å². The second-order valence-corrected chi connectivity index (χ2v) is 6.57. The fourth-order valence-electron chi connectivity index (χ4n) is 2.72. The van der Waals surface area contributed by atoms with Crippen LogP contribution in [0, 0.1) is 5.92 Å². The van der Waals surface area contributed by atoms with Crippen molar-refractivity contribution < 1.29 is 14.3 Å². The summed E-state index contributed by atoms with van der Waals surface area (Å²) in [6.07, 6.45) is 1.66. The molecule has 0 saturated carbocycles. The minimum absolute atomic E-state index is 0.00984. The highest BCUT2D eigenvalue weighted by Gasteiger charge is 2.19. The van der Waals surface area contributed by atoms with Gasteiger partial charge < -0.3 is 15.2 Å². The number of ketones is 1. The number of pyridine rings is 1. The molecule has 3 aromatic rings. The molecule has 0 bridgehead atoms. The fourth-order valence-corrected chi connectivity index (χ4v) is 2.72. The Bertz CT molecular complexity index is 931. The summed E-state index contributed by atoms with van der Waals surface area (Å²) in [7, 11) is 1.56. The van der Waals surface area contributed by atoms with Crippen molar-refractivity contribution in [3.8, 4) is 28.6 Å². The molecule has 7 nitrogen and oxygen atoms in total. The molecule has 0 aliphatic heterocycles. The number of rotatable bonds is 8. The van der Waals surface area contributed by atoms with Crippen LogP contribution in [0.25, 0.3) is 16.9 Å². The summed E-state index contributed by atoms with van der Waals surface area (Å²) in [5, 5.41) is 4.54. The lowest BCUT2D eigenvalue weighted by atomic mass is 10.1. The molecule has 146 valence electrons. The molecule has 0 radical (unpaired) electrons. The summed E-state index contributed by atoms with van der Waals surface area (Å²) in [5.74, 6) is 1.10. The van der Waals surface area contributed by atoms with Crippen LogP contribution in [-0.4, -0.2) is 40.8 Å². The third-order valence-electron chi connectivity index (χ3n) is 4.20. The van der Waals surface area contributed by atoms with Crippen LogP contribution in [0.3, 0.4) is 0 Å². The second-order valence-electron chi connectivity index (χ2n) is 6.57. The number of carbonyl (C=O) groups excluding carboxylic acids is 1. The molecule has 0 unspecified atom stereocenters. The maximum Gasteiger partial charge on any atom is 0.213 e. The van der Waals surface area contributed by atoms with Crippen LogP contribution < -0.4 is 15.2 Å². The first-order valence-electron chi connectivity index (χ1n) is 9.11. The molecule has 3 rings (SSSR count). The molecule has 0 atom stereocenters. The molecule has 0 spiro atoms. The Morgan fingerprint density at radius 3 is 2.50 bits per heavy atom. The summed E-state index contributed by atoms with van der Waals surface area (Å²) in [6.45, 7) is 4.64. The predicted octanol–water partition coefficient (Wildman–Crippen LogP) is 3.12. The minimum atomic E-state index is -0.141. The summed E-state index contributed by atoms with van der Waals surface area (Å²) < 4.78 is 12.4. The molecule has 0 aliphatic rings. The fraction of sp³-hybridized carbons (Fsp3) is 0.286. The quantitative estimate of drug-likeness (QED) is 0.604. The molecule has 0 aliphatic carbocycles. The molecule has 0 amide bonds. The van der Waals surface area contributed by atoms with Crippen LogP contribution >= 0.6 is 0 Å². The third kappa shape index (κ3) is 4.20. The Morgan fingerprint density at radius 2 is 1.93 bits per heavy atom. The van der Waals surface area contributed by atoms with Gasteiger partial charge >= 0.3 is 0 Å². The van der Waals surface area contributed by atoms with Crippen molar-refractivity contribution in [1.82, 2.24) is 14.8 Å². The summed E-state index contributed by atoms with van der Waals surface area (Å²) >= 11 is 0. The van der Waals surface area contributed by atoms with Crippen LogP contribution in [0.5, 0.6) is 11.6 Å². The van der Waals surface area contributed by atoms with E-state index in [1.54, 1.807) is 24.1 Å². The van der Waals surface area contributed by atoms with Gasteiger partial charge in [-0.05, 0) is 36.4 Å². The topological polar surface area (TPSA) is 92.3 Å². The molecule has 2 heterocycles. The van der Waals surface area contributed by atoms with Gasteiger partial charge in [-0.2, -0.15) is 5.10 Å².